The number of hydrogen-bond acceptors (Lipinski definition) is 6. The molecule has 0 atom stereocenters. The Labute approximate surface area is 206 Å². The average Bonchev–Trinajstić information content (AvgIpc) is 3.22. The summed E-state index contributed by atoms with van der Waals surface area (Å²) in [5, 5.41) is 10.3. The lowest BCUT2D eigenvalue weighted by Gasteiger charge is -2.29. The van der Waals surface area contributed by atoms with E-state index < -0.39 is 15.8 Å². The van der Waals surface area contributed by atoms with E-state index in [1.54, 1.807) is 55.4 Å². The summed E-state index contributed by atoms with van der Waals surface area (Å²) in [6.07, 6.45) is 3.47. The minimum Gasteiger partial charge on any atom is -0.382 e. The highest BCUT2D eigenvalue weighted by Crippen LogP contribution is 2.33. The van der Waals surface area contributed by atoms with Crippen molar-refractivity contribution in [1.29, 1.82) is 5.26 Å². The van der Waals surface area contributed by atoms with Crippen molar-refractivity contribution in [2.75, 3.05) is 34.2 Å². The van der Waals surface area contributed by atoms with E-state index in [-0.39, 0.29) is 16.2 Å². The van der Waals surface area contributed by atoms with Crippen LogP contribution in [0.15, 0.2) is 65.2 Å². The maximum absolute atomic E-state index is 13.8. The molecule has 0 spiro atoms. The van der Waals surface area contributed by atoms with Gasteiger partial charge in [-0.1, -0.05) is 23.8 Å². The average molecular weight is 491 g/mol. The fourth-order valence-electron chi connectivity index (χ4n) is 4.57. The van der Waals surface area contributed by atoms with Crippen LogP contribution >= 0.6 is 0 Å². The summed E-state index contributed by atoms with van der Waals surface area (Å²) in [7, 11) is 1.43. The zero-order valence-electron chi connectivity index (χ0n) is 20.5. The molecule has 7 nitrogen and oxygen atoms in total. The number of allylic oxidation sites excluding steroid dienone is 1. The number of rotatable bonds is 6. The zero-order valence-corrected chi connectivity index (χ0v) is 21.3. The smallest absolute Gasteiger partial charge is 0.268 e. The van der Waals surface area contributed by atoms with Crippen LogP contribution in [-0.4, -0.2) is 62.2 Å². The summed E-state index contributed by atoms with van der Waals surface area (Å²) >= 11 is 0. The summed E-state index contributed by atoms with van der Waals surface area (Å²) in [6.45, 7) is 3.90. The van der Waals surface area contributed by atoms with Crippen LogP contribution in [-0.2, 0) is 10.0 Å². The molecule has 0 aliphatic carbocycles. The van der Waals surface area contributed by atoms with Crippen LogP contribution in [0.3, 0.4) is 0 Å². The van der Waals surface area contributed by atoms with Gasteiger partial charge in [0, 0.05) is 25.7 Å². The molecule has 1 aliphatic rings. The lowest BCUT2D eigenvalue weighted by atomic mass is 9.89. The van der Waals surface area contributed by atoms with Crippen LogP contribution in [0.4, 0.5) is 0 Å². The fraction of sp³-hybridized carbons (Fsp3) is 0.333. The highest BCUT2D eigenvalue weighted by Gasteiger charge is 2.29. The molecule has 1 saturated heterocycles. The summed E-state index contributed by atoms with van der Waals surface area (Å²) < 4.78 is 28.7. The topological polar surface area (TPSA) is 86.4 Å². The summed E-state index contributed by atoms with van der Waals surface area (Å²) in [5.41, 5.74) is 2.32. The molecule has 8 heteroatoms. The maximum atomic E-state index is 13.8. The maximum Gasteiger partial charge on any atom is 0.268 e. The molecule has 2 heterocycles. The van der Waals surface area contributed by atoms with Crippen molar-refractivity contribution in [3.8, 4) is 6.07 Å². The Morgan fingerprint density at radius 3 is 2.34 bits per heavy atom. The molecule has 3 aromatic rings. The van der Waals surface area contributed by atoms with Crippen molar-refractivity contribution < 1.29 is 13.2 Å². The SMILES string of the molecule is Cc1ccc(S(=O)(=O)n2c(C(=O)/C(C#N)=C/N(C)C)cc3cc(C4CCN(C)CC4)ccc32)cc1. The highest BCUT2D eigenvalue weighted by atomic mass is 32.2. The zero-order chi connectivity index (χ0) is 25.3. The first-order valence-electron chi connectivity index (χ1n) is 11.6. The Balaban J connectivity index is 1.91. The van der Waals surface area contributed by atoms with E-state index in [1.165, 1.54) is 6.20 Å². The number of carbonyl (C=O) groups excluding carboxylic acids is 1. The Kier molecular flexibility index (Phi) is 6.84. The first kappa shape index (κ1) is 24.7. The van der Waals surface area contributed by atoms with E-state index in [0.29, 0.717) is 16.8 Å². The van der Waals surface area contributed by atoms with Crippen LogP contribution in [0, 0.1) is 18.3 Å². The van der Waals surface area contributed by atoms with Crippen molar-refractivity contribution in [1.82, 2.24) is 13.8 Å². The number of likely N-dealkylation sites (tertiary alicyclic amines) is 1. The third kappa shape index (κ3) is 4.88. The lowest BCUT2D eigenvalue weighted by Crippen LogP contribution is -2.29. The molecule has 0 saturated carbocycles. The van der Waals surface area contributed by atoms with Crippen LogP contribution in [0.5, 0.6) is 0 Å². The van der Waals surface area contributed by atoms with Gasteiger partial charge in [-0.3, -0.25) is 4.79 Å². The largest absolute Gasteiger partial charge is 0.382 e. The molecule has 1 fully saturated rings. The molecule has 1 aliphatic heterocycles. The number of nitrogens with zero attached hydrogens (tertiary/aromatic N) is 4. The van der Waals surface area contributed by atoms with E-state index in [9.17, 15) is 18.5 Å². The van der Waals surface area contributed by atoms with Gasteiger partial charge in [0.1, 0.15) is 17.3 Å². The van der Waals surface area contributed by atoms with Gasteiger partial charge in [0.15, 0.2) is 0 Å². The number of aryl methyl sites for hydroxylation is 1. The second kappa shape index (κ2) is 9.68. The number of carbonyl (C=O) groups is 1. The Bertz CT molecular complexity index is 1440. The van der Waals surface area contributed by atoms with E-state index >= 15 is 0 Å². The van der Waals surface area contributed by atoms with Crippen LogP contribution in [0.1, 0.15) is 40.4 Å². The molecule has 0 N–H and O–H groups in total. The monoisotopic (exact) mass is 490 g/mol. The second-order valence-corrected chi connectivity index (χ2v) is 11.2. The van der Waals surface area contributed by atoms with Crippen molar-refractivity contribution in [2.45, 2.75) is 30.6 Å². The van der Waals surface area contributed by atoms with Gasteiger partial charge in [-0.25, -0.2) is 12.4 Å². The van der Waals surface area contributed by atoms with E-state index in [2.05, 4.69) is 11.9 Å². The minimum absolute atomic E-state index is 0.0456. The molecule has 1 aromatic heterocycles. The van der Waals surface area contributed by atoms with Gasteiger partial charge in [-0.2, -0.15) is 5.26 Å². The van der Waals surface area contributed by atoms with Gasteiger partial charge in [-0.15, -0.1) is 0 Å². The van der Waals surface area contributed by atoms with Gasteiger partial charge in [0.2, 0.25) is 5.78 Å². The van der Waals surface area contributed by atoms with Crippen molar-refractivity contribution in [2.24, 2.45) is 0 Å². The molecular weight excluding hydrogens is 460 g/mol. The number of ketones is 1. The Hall–Kier alpha value is -3.41. The predicted molar refractivity (Wildman–Crippen MR) is 137 cm³/mol. The van der Waals surface area contributed by atoms with Gasteiger partial charge in [0.05, 0.1) is 10.4 Å². The summed E-state index contributed by atoms with van der Waals surface area (Å²) in [4.78, 5) is 17.4. The third-order valence-corrected chi connectivity index (χ3v) is 8.26. The van der Waals surface area contributed by atoms with Crippen molar-refractivity contribution >= 4 is 26.7 Å². The first-order chi connectivity index (χ1) is 16.6. The molecule has 2 aromatic carbocycles. The van der Waals surface area contributed by atoms with Crippen LogP contribution in [0.25, 0.3) is 10.9 Å². The molecule has 0 amide bonds. The van der Waals surface area contributed by atoms with Crippen LogP contribution < -0.4 is 0 Å². The number of fused-ring (bicyclic) bond motifs is 1. The molecular formula is C27H30N4O3S. The highest BCUT2D eigenvalue weighted by molar-refractivity contribution is 7.90. The van der Waals surface area contributed by atoms with Crippen molar-refractivity contribution in [3.05, 3.63) is 77.1 Å². The molecule has 0 unspecified atom stereocenters. The van der Waals surface area contributed by atoms with E-state index in [4.69, 9.17) is 0 Å². The van der Waals surface area contributed by atoms with Gasteiger partial charge in [-0.05, 0) is 81.7 Å². The predicted octanol–water partition coefficient (Wildman–Crippen LogP) is 4.15. The number of piperidine rings is 1. The number of Topliss-reactive ketones (excluding diaryl/α,β-unsaturated/α-hetero) is 1. The number of benzene rings is 2. The minimum atomic E-state index is -4.09. The van der Waals surface area contributed by atoms with Gasteiger partial charge >= 0.3 is 0 Å². The first-order valence-corrected chi connectivity index (χ1v) is 13.0. The summed E-state index contributed by atoms with van der Waals surface area (Å²) in [6, 6.07) is 15.8. The number of hydrogen-bond donors (Lipinski definition) is 0. The fourth-order valence-corrected chi connectivity index (χ4v) is 6.08. The molecule has 35 heavy (non-hydrogen) atoms. The van der Waals surface area contributed by atoms with Gasteiger partial charge in [0.25, 0.3) is 10.0 Å². The van der Waals surface area contributed by atoms with E-state index in [0.717, 1.165) is 41.0 Å². The molecule has 4 rings (SSSR count). The second-order valence-electron chi connectivity index (χ2n) is 9.46. The quantitative estimate of drug-likeness (QED) is 0.293. The Morgan fingerprint density at radius 2 is 1.74 bits per heavy atom. The van der Waals surface area contributed by atoms with Crippen molar-refractivity contribution in [3.63, 3.8) is 0 Å². The Morgan fingerprint density at radius 1 is 1.09 bits per heavy atom. The number of nitriles is 1. The lowest BCUT2D eigenvalue weighted by molar-refractivity contribution is 0.103. The number of aromatic nitrogens is 1. The molecule has 0 radical (unpaired) electrons. The third-order valence-electron chi connectivity index (χ3n) is 6.52. The van der Waals surface area contributed by atoms with Crippen LogP contribution in [0.2, 0.25) is 0 Å². The summed E-state index contributed by atoms with van der Waals surface area (Å²) in [5.74, 6) is -0.246. The molecule has 182 valence electrons. The standard InChI is InChI=1S/C27H30N4O3S/c1-19-5-8-24(9-6-19)35(33,34)31-25-10-7-21(20-11-13-30(4)14-12-20)15-22(25)16-26(31)27(32)23(17-28)18-29(2)3/h5-10,15-16,18,20H,11-14H2,1-4H3/b23-18+. The normalized spacial score (nSPS) is 15.8. The molecule has 0 bridgehead atoms. The van der Waals surface area contributed by atoms with E-state index in [1.807, 2.05) is 25.1 Å². The van der Waals surface area contributed by atoms with Gasteiger partial charge < -0.3 is 9.80 Å².